The van der Waals surface area contributed by atoms with E-state index in [1.807, 2.05) is 6.07 Å². The number of nitrogens with zero attached hydrogens (tertiary/aromatic N) is 3. The zero-order chi connectivity index (χ0) is 17.4. The molecule has 1 N–H and O–H groups in total. The molecular weight excluding hydrogens is 360 g/mol. The fraction of sp³-hybridized carbons (Fsp3) is 0.176. The lowest BCUT2D eigenvalue weighted by Crippen LogP contribution is -2.40. The minimum absolute atomic E-state index is 0.220. The molecule has 0 aliphatic carbocycles. The van der Waals surface area contributed by atoms with Gasteiger partial charge in [0, 0.05) is 41.6 Å². The smallest absolute Gasteiger partial charge is 0.243 e. The molecule has 2 aromatic heterocycles. The van der Waals surface area contributed by atoms with Crippen LogP contribution in [0.1, 0.15) is 22.9 Å². The van der Waals surface area contributed by atoms with Crippen molar-refractivity contribution >= 4 is 21.6 Å². The van der Waals surface area contributed by atoms with Crippen LogP contribution in [0.5, 0.6) is 0 Å². The molecule has 0 radical (unpaired) electrons. The van der Waals surface area contributed by atoms with Gasteiger partial charge in [0.15, 0.2) is 0 Å². The molecule has 1 aromatic carbocycles. The molecule has 1 unspecified atom stereocenters. The van der Waals surface area contributed by atoms with E-state index in [0.717, 1.165) is 16.8 Å². The molecule has 0 saturated heterocycles. The Kier molecular flexibility index (Phi) is 4.07. The van der Waals surface area contributed by atoms with E-state index in [1.54, 1.807) is 36.8 Å². The maximum Gasteiger partial charge on any atom is 0.243 e. The predicted octanol–water partition coefficient (Wildman–Crippen LogP) is 2.79. The third-order valence-electron chi connectivity index (χ3n) is 4.34. The standard InChI is InChI=1S/C17H15ClN4O2S/c18-13-3-5-14(6-4-13)25(23,24)22-9-7-16-15(11-20-21-16)17(22)12-2-1-8-19-10-12/h1-6,8,10-11,17H,7,9H2,(H,20,21). The number of pyridine rings is 1. The van der Waals surface area contributed by atoms with Crippen molar-refractivity contribution in [1.29, 1.82) is 0 Å². The summed E-state index contributed by atoms with van der Waals surface area (Å²) in [5.74, 6) is 0. The molecule has 1 atom stereocenters. The van der Waals surface area contributed by atoms with Gasteiger partial charge < -0.3 is 0 Å². The van der Waals surface area contributed by atoms with Gasteiger partial charge in [-0.25, -0.2) is 8.42 Å². The Bertz CT molecular complexity index is 987. The summed E-state index contributed by atoms with van der Waals surface area (Å²) in [4.78, 5) is 4.37. The predicted molar refractivity (Wildman–Crippen MR) is 93.7 cm³/mol. The van der Waals surface area contributed by atoms with Crippen LogP contribution in [0.2, 0.25) is 5.02 Å². The van der Waals surface area contributed by atoms with Crippen molar-refractivity contribution in [3.63, 3.8) is 0 Å². The number of fused-ring (bicyclic) bond motifs is 1. The Morgan fingerprint density at radius 3 is 2.68 bits per heavy atom. The highest BCUT2D eigenvalue weighted by atomic mass is 35.5. The molecule has 128 valence electrons. The van der Waals surface area contributed by atoms with E-state index in [2.05, 4.69) is 15.2 Å². The summed E-state index contributed by atoms with van der Waals surface area (Å²) in [6.07, 6.45) is 5.63. The molecule has 0 amide bonds. The number of halogens is 1. The van der Waals surface area contributed by atoms with Gasteiger partial charge in [-0.2, -0.15) is 9.40 Å². The minimum atomic E-state index is -3.69. The molecule has 4 rings (SSSR count). The first-order valence-electron chi connectivity index (χ1n) is 7.77. The topological polar surface area (TPSA) is 79.0 Å². The highest BCUT2D eigenvalue weighted by Crippen LogP contribution is 2.37. The minimum Gasteiger partial charge on any atom is -0.282 e. The van der Waals surface area contributed by atoms with Crippen molar-refractivity contribution in [2.75, 3.05) is 6.54 Å². The van der Waals surface area contributed by atoms with Crippen LogP contribution in [0.3, 0.4) is 0 Å². The van der Waals surface area contributed by atoms with Crippen LogP contribution in [0, 0.1) is 0 Å². The Balaban J connectivity index is 1.84. The van der Waals surface area contributed by atoms with Gasteiger partial charge in [0.1, 0.15) is 0 Å². The molecule has 1 aliphatic rings. The van der Waals surface area contributed by atoms with Crippen LogP contribution in [-0.2, 0) is 16.4 Å². The van der Waals surface area contributed by atoms with Gasteiger partial charge in [-0.15, -0.1) is 0 Å². The van der Waals surface area contributed by atoms with E-state index in [-0.39, 0.29) is 4.90 Å². The number of rotatable bonds is 3. The first-order chi connectivity index (χ1) is 12.1. The van der Waals surface area contributed by atoms with Gasteiger partial charge >= 0.3 is 0 Å². The Morgan fingerprint density at radius 1 is 1.16 bits per heavy atom. The van der Waals surface area contributed by atoms with Crippen LogP contribution < -0.4 is 0 Å². The number of hydrogen-bond donors (Lipinski definition) is 1. The molecule has 3 aromatic rings. The highest BCUT2D eigenvalue weighted by molar-refractivity contribution is 7.89. The Morgan fingerprint density at radius 2 is 1.96 bits per heavy atom. The SMILES string of the molecule is O=S(=O)(c1ccc(Cl)cc1)N1CCc2[nH]ncc2C1c1cccnc1. The highest BCUT2D eigenvalue weighted by Gasteiger charge is 2.38. The van der Waals surface area contributed by atoms with E-state index in [4.69, 9.17) is 11.6 Å². The summed E-state index contributed by atoms with van der Waals surface area (Å²) in [5, 5.41) is 7.56. The molecule has 3 heterocycles. The number of sulfonamides is 1. The third-order valence-corrected chi connectivity index (χ3v) is 6.47. The van der Waals surface area contributed by atoms with Crippen LogP contribution in [0.25, 0.3) is 0 Å². The summed E-state index contributed by atoms with van der Waals surface area (Å²) < 4.78 is 28.0. The quantitative estimate of drug-likeness (QED) is 0.764. The van der Waals surface area contributed by atoms with Gasteiger partial charge in [-0.1, -0.05) is 17.7 Å². The van der Waals surface area contributed by atoms with E-state index in [0.29, 0.717) is 18.0 Å². The first kappa shape index (κ1) is 16.3. The van der Waals surface area contributed by atoms with Crippen molar-refractivity contribution in [2.24, 2.45) is 0 Å². The van der Waals surface area contributed by atoms with Gasteiger partial charge in [-0.3, -0.25) is 10.1 Å². The fourth-order valence-corrected chi connectivity index (χ4v) is 4.87. The van der Waals surface area contributed by atoms with E-state index in [9.17, 15) is 8.42 Å². The number of aromatic amines is 1. The summed E-state index contributed by atoms with van der Waals surface area (Å²) in [6, 6.07) is 9.45. The molecular formula is C17H15ClN4O2S. The van der Waals surface area contributed by atoms with Crippen LogP contribution in [0.15, 0.2) is 59.9 Å². The second-order valence-corrected chi connectivity index (χ2v) is 8.14. The fourth-order valence-electron chi connectivity index (χ4n) is 3.15. The largest absolute Gasteiger partial charge is 0.282 e. The summed E-state index contributed by atoms with van der Waals surface area (Å²) in [5.41, 5.74) is 2.62. The lowest BCUT2D eigenvalue weighted by Gasteiger charge is -2.34. The maximum atomic E-state index is 13.2. The maximum absolute atomic E-state index is 13.2. The molecule has 0 bridgehead atoms. The third kappa shape index (κ3) is 2.84. The number of nitrogens with one attached hydrogen (secondary N) is 1. The zero-order valence-electron chi connectivity index (χ0n) is 13.1. The van der Waals surface area contributed by atoms with Crippen molar-refractivity contribution in [3.8, 4) is 0 Å². The van der Waals surface area contributed by atoms with Crippen molar-refractivity contribution < 1.29 is 8.42 Å². The molecule has 8 heteroatoms. The molecule has 0 spiro atoms. The number of hydrogen-bond acceptors (Lipinski definition) is 4. The number of H-pyrrole nitrogens is 1. The lowest BCUT2D eigenvalue weighted by molar-refractivity contribution is 0.342. The molecule has 1 aliphatic heterocycles. The van der Waals surface area contributed by atoms with Gasteiger partial charge in [0.25, 0.3) is 0 Å². The van der Waals surface area contributed by atoms with E-state index >= 15 is 0 Å². The monoisotopic (exact) mass is 374 g/mol. The average Bonchev–Trinajstić information content (AvgIpc) is 3.10. The number of aromatic nitrogens is 3. The Hall–Kier alpha value is -2.22. The van der Waals surface area contributed by atoms with Crippen molar-refractivity contribution in [3.05, 3.63) is 76.8 Å². The van der Waals surface area contributed by atoms with Crippen molar-refractivity contribution in [2.45, 2.75) is 17.4 Å². The van der Waals surface area contributed by atoms with Gasteiger partial charge in [0.05, 0.1) is 17.1 Å². The molecule has 0 fully saturated rings. The van der Waals surface area contributed by atoms with Crippen LogP contribution in [0.4, 0.5) is 0 Å². The van der Waals surface area contributed by atoms with Crippen LogP contribution in [-0.4, -0.2) is 34.4 Å². The normalized spacial score (nSPS) is 18.0. The van der Waals surface area contributed by atoms with Gasteiger partial charge in [0.2, 0.25) is 10.0 Å². The molecule has 0 saturated carbocycles. The lowest BCUT2D eigenvalue weighted by atomic mass is 9.96. The van der Waals surface area contributed by atoms with Crippen molar-refractivity contribution in [1.82, 2.24) is 19.5 Å². The number of benzene rings is 1. The summed E-state index contributed by atoms with van der Waals surface area (Å²) >= 11 is 5.90. The van der Waals surface area contributed by atoms with E-state index < -0.39 is 16.1 Å². The van der Waals surface area contributed by atoms with Gasteiger partial charge in [-0.05, 0) is 35.9 Å². The summed E-state index contributed by atoms with van der Waals surface area (Å²) in [7, 11) is -3.69. The second kappa shape index (κ2) is 6.25. The Labute approximate surface area is 150 Å². The molecule has 6 nitrogen and oxygen atoms in total. The molecule has 25 heavy (non-hydrogen) atoms. The second-order valence-electron chi connectivity index (χ2n) is 5.81. The van der Waals surface area contributed by atoms with E-state index in [1.165, 1.54) is 16.4 Å². The van der Waals surface area contributed by atoms with Crippen LogP contribution >= 0.6 is 11.6 Å². The first-order valence-corrected chi connectivity index (χ1v) is 9.58. The summed E-state index contributed by atoms with van der Waals surface area (Å²) in [6.45, 7) is 0.361. The zero-order valence-corrected chi connectivity index (χ0v) is 14.7. The average molecular weight is 375 g/mol.